The first kappa shape index (κ1) is 22.5. The molecule has 0 radical (unpaired) electrons. The van der Waals surface area contributed by atoms with Crippen LogP contribution < -0.4 is 0 Å². The Balaban J connectivity index is 1.30. The Morgan fingerprint density at radius 3 is 2.76 bits per heavy atom. The largest absolute Gasteiger partial charge is 0.376 e. The number of hydrogen-bond donors (Lipinski definition) is 1. The van der Waals surface area contributed by atoms with E-state index in [0.29, 0.717) is 18.7 Å². The van der Waals surface area contributed by atoms with E-state index in [-0.39, 0.29) is 11.7 Å². The van der Waals surface area contributed by atoms with E-state index in [1.54, 1.807) is 23.6 Å². The number of benzene rings is 1. The lowest BCUT2D eigenvalue weighted by Crippen LogP contribution is -2.44. The van der Waals surface area contributed by atoms with Gasteiger partial charge in [0.05, 0.1) is 5.69 Å². The van der Waals surface area contributed by atoms with Crippen LogP contribution in [0.25, 0.3) is 15.7 Å². The third-order valence-corrected chi connectivity index (χ3v) is 8.34. The van der Waals surface area contributed by atoms with Crippen LogP contribution in [0.15, 0.2) is 60.1 Å². The molecule has 5 heteroatoms. The fourth-order valence-corrected chi connectivity index (χ4v) is 6.36. The highest BCUT2D eigenvalue weighted by atomic mass is 32.1. The minimum Gasteiger partial charge on any atom is -0.376 e. The number of fused-ring (bicyclic) bond motifs is 1. The maximum Gasteiger partial charge on any atom is 0.173 e. The van der Waals surface area contributed by atoms with Crippen molar-refractivity contribution in [2.45, 2.75) is 50.5 Å². The molecule has 1 aromatic carbocycles. The average molecular weight is 461 g/mol. The topological polar surface area (TPSA) is 53.4 Å². The second-order valence-corrected chi connectivity index (χ2v) is 10.4. The van der Waals surface area contributed by atoms with Gasteiger partial charge in [0.25, 0.3) is 0 Å². The van der Waals surface area contributed by atoms with Crippen LogP contribution in [0, 0.1) is 5.92 Å². The van der Waals surface area contributed by atoms with Crippen LogP contribution in [0.5, 0.6) is 0 Å². The van der Waals surface area contributed by atoms with Crippen LogP contribution in [0.2, 0.25) is 0 Å². The molecule has 3 aromatic rings. The predicted octanol–water partition coefficient (Wildman–Crippen LogP) is 5.81. The van der Waals surface area contributed by atoms with E-state index in [9.17, 15) is 9.90 Å². The molecule has 1 aliphatic heterocycles. The van der Waals surface area contributed by atoms with Crippen molar-refractivity contribution in [3.8, 4) is 0 Å². The average Bonchev–Trinajstić information content (AvgIpc) is 3.37. The number of ketones is 1. The van der Waals surface area contributed by atoms with Gasteiger partial charge in [0.2, 0.25) is 0 Å². The zero-order chi connectivity index (χ0) is 22.7. The van der Waals surface area contributed by atoms with Gasteiger partial charge in [0.1, 0.15) is 0 Å². The van der Waals surface area contributed by atoms with Crippen molar-refractivity contribution in [2.75, 3.05) is 19.6 Å². The number of Topliss-reactive ketones (excluding diaryl/α,β-unsaturated/α-hetero) is 1. The highest BCUT2D eigenvalue weighted by molar-refractivity contribution is 7.17. The molecule has 2 aliphatic rings. The van der Waals surface area contributed by atoms with Gasteiger partial charge in [0, 0.05) is 42.9 Å². The number of carbonyl (C=O) groups is 1. The van der Waals surface area contributed by atoms with Gasteiger partial charge in [-0.3, -0.25) is 14.7 Å². The smallest absolute Gasteiger partial charge is 0.173 e. The van der Waals surface area contributed by atoms with E-state index in [1.807, 2.05) is 12.1 Å². The van der Waals surface area contributed by atoms with Gasteiger partial charge in [-0.05, 0) is 59.4 Å². The number of carbonyl (C=O) groups excluding carboxylic acids is 1. The SMILES string of the molecule is O=C(C1CCCCC1)C(O)(CCN1CC=C(c2cccc3ccsc23)CC1)c1ccccn1. The maximum atomic E-state index is 13.5. The Hall–Kier alpha value is -2.34. The summed E-state index contributed by atoms with van der Waals surface area (Å²) in [7, 11) is 0. The van der Waals surface area contributed by atoms with Gasteiger partial charge in [-0.1, -0.05) is 49.6 Å². The maximum absolute atomic E-state index is 13.5. The van der Waals surface area contributed by atoms with Crippen molar-refractivity contribution in [3.05, 3.63) is 71.4 Å². The molecule has 172 valence electrons. The van der Waals surface area contributed by atoms with Crippen molar-refractivity contribution < 1.29 is 9.90 Å². The molecule has 2 aromatic heterocycles. The first-order chi connectivity index (χ1) is 16.1. The van der Waals surface area contributed by atoms with Gasteiger partial charge >= 0.3 is 0 Å². The number of thiophene rings is 1. The van der Waals surface area contributed by atoms with Crippen LogP contribution >= 0.6 is 11.3 Å². The fourth-order valence-electron chi connectivity index (χ4n) is 5.41. The number of hydrogen-bond acceptors (Lipinski definition) is 5. The predicted molar refractivity (Wildman–Crippen MR) is 135 cm³/mol. The molecule has 5 rings (SSSR count). The molecule has 0 bridgehead atoms. The van der Waals surface area contributed by atoms with E-state index in [4.69, 9.17) is 0 Å². The van der Waals surface area contributed by atoms with E-state index >= 15 is 0 Å². The highest BCUT2D eigenvalue weighted by Gasteiger charge is 2.43. The monoisotopic (exact) mass is 460 g/mol. The minimum atomic E-state index is -1.50. The summed E-state index contributed by atoms with van der Waals surface area (Å²) >= 11 is 1.80. The second-order valence-electron chi connectivity index (χ2n) is 9.45. The Morgan fingerprint density at radius 1 is 1.12 bits per heavy atom. The molecule has 1 aliphatic carbocycles. The van der Waals surface area contributed by atoms with Crippen LogP contribution in [-0.4, -0.2) is 40.4 Å². The summed E-state index contributed by atoms with van der Waals surface area (Å²) in [5.74, 6) is -0.0802. The van der Waals surface area contributed by atoms with Crippen molar-refractivity contribution in [3.63, 3.8) is 0 Å². The molecular weight excluding hydrogens is 428 g/mol. The Morgan fingerprint density at radius 2 is 2.00 bits per heavy atom. The first-order valence-corrected chi connectivity index (χ1v) is 13.1. The molecule has 1 N–H and O–H groups in total. The standard InChI is InChI=1S/C28H32N2O2S/c31-27(23-7-2-1-3-8-23)28(32,25-11-4-5-16-29-25)15-19-30-17-12-21(13-18-30)24-10-6-9-22-14-20-33-26(22)24/h4-6,9-12,14,16,20,23,32H,1-3,7-8,13,15,17-19H2. The summed E-state index contributed by atoms with van der Waals surface area (Å²) < 4.78 is 1.36. The number of aliphatic hydroxyl groups is 1. The molecule has 1 unspecified atom stereocenters. The Bertz CT molecular complexity index is 1130. The Labute approximate surface area is 200 Å². The van der Waals surface area contributed by atoms with Crippen LogP contribution in [0.3, 0.4) is 0 Å². The Kier molecular flexibility index (Phi) is 6.72. The van der Waals surface area contributed by atoms with Gasteiger partial charge in [-0.15, -0.1) is 11.3 Å². The number of rotatable bonds is 7. The van der Waals surface area contributed by atoms with E-state index in [0.717, 1.165) is 45.2 Å². The molecular formula is C28H32N2O2S. The lowest BCUT2D eigenvalue weighted by Gasteiger charge is -2.34. The van der Waals surface area contributed by atoms with Gasteiger partial charge in [-0.2, -0.15) is 0 Å². The summed E-state index contributed by atoms with van der Waals surface area (Å²) in [6, 6.07) is 14.2. The third kappa shape index (κ3) is 4.68. The molecule has 0 amide bonds. The lowest BCUT2D eigenvalue weighted by molar-refractivity contribution is -0.145. The summed E-state index contributed by atoms with van der Waals surface area (Å²) in [5.41, 5.74) is 1.74. The normalized spacial score (nSPS) is 19.8. The molecule has 4 nitrogen and oxygen atoms in total. The highest BCUT2D eigenvalue weighted by Crippen LogP contribution is 2.36. The zero-order valence-electron chi connectivity index (χ0n) is 19.1. The quantitative estimate of drug-likeness (QED) is 0.483. The van der Waals surface area contributed by atoms with E-state index in [2.05, 4.69) is 45.6 Å². The molecule has 3 heterocycles. The number of aromatic nitrogens is 1. The lowest BCUT2D eigenvalue weighted by atomic mass is 9.77. The molecule has 0 saturated heterocycles. The molecule has 1 atom stereocenters. The van der Waals surface area contributed by atoms with Crippen molar-refractivity contribution in [1.29, 1.82) is 0 Å². The third-order valence-electron chi connectivity index (χ3n) is 7.38. The van der Waals surface area contributed by atoms with Crippen LogP contribution in [-0.2, 0) is 10.4 Å². The van der Waals surface area contributed by atoms with Gasteiger partial charge < -0.3 is 5.11 Å². The minimum absolute atomic E-state index is 0.0292. The number of pyridine rings is 1. The fraction of sp³-hybridized carbons (Fsp3) is 0.429. The summed E-state index contributed by atoms with van der Waals surface area (Å²) in [4.78, 5) is 20.3. The van der Waals surface area contributed by atoms with Gasteiger partial charge in [0.15, 0.2) is 11.4 Å². The molecule has 1 saturated carbocycles. The summed E-state index contributed by atoms with van der Waals surface area (Å²) in [5, 5.41) is 15.2. The second kappa shape index (κ2) is 9.88. The number of nitrogens with zero attached hydrogens (tertiary/aromatic N) is 2. The van der Waals surface area contributed by atoms with Crippen molar-refractivity contribution in [2.24, 2.45) is 5.92 Å². The molecule has 1 fully saturated rings. The molecule has 33 heavy (non-hydrogen) atoms. The summed E-state index contributed by atoms with van der Waals surface area (Å²) in [6.45, 7) is 2.45. The van der Waals surface area contributed by atoms with E-state index < -0.39 is 5.60 Å². The van der Waals surface area contributed by atoms with Crippen molar-refractivity contribution >= 4 is 32.8 Å². The van der Waals surface area contributed by atoms with Crippen molar-refractivity contribution in [1.82, 2.24) is 9.88 Å². The zero-order valence-corrected chi connectivity index (χ0v) is 19.9. The first-order valence-electron chi connectivity index (χ1n) is 12.2. The summed E-state index contributed by atoms with van der Waals surface area (Å²) in [6.07, 6.45) is 10.5. The van der Waals surface area contributed by atoms with Gasteiger partial charge in [-0.25, -0.2) is 0 Å². The molecule has 0 spiro atoms. The van der Waals surface area contributed by atoms with E-state index in [1.165, 1.54) is 27.6 Å². The van der Waals surface area contributed by atoms with Crippen LogP contribution in [0.1, 0.15) is 56.2 Å². The van der Waals surface area contributed by atoms with Crippen LogP contribution in [0.4, 0.5) is 0 Å².